The number of anilines is 1. The Morgan fingerprint density at radius 3 is 2.37 bits per heavy atom. The number of hydrogen-bond acceptors (Lipinski definition) is 4. The fourth-order valence-corrected chi connectivity index (χ4v) is 3.43. The number of aromatic amines is 1. The van der Waals surface area contributed by atoms with Gasteiger partial charge in [0.2, 0.25) is 5.65 Å². The van der Waals surface area contributed by atoms with Gasteiger partial charge in [-0.25, -0.2) is 9.89 Å². The Balaban J connectivity index is 2.18. The minimum atomic E-state index is -0.235. The zero-order valence-electron chi connectivity index (χ0n) is 15.5. The lowest BCUT2D eigenvalue weighted by Crippen LogP contribution is -2.44. The van der Waals surface area contributed by atoms with Gasteiger partial charge in [-0.2, -0.15) is 4.68 Å². The minimum Gasteiger partial charge on any atom is -0.319 e. The summed E-state index contributed by atoms with van der Waals surface area (Å²) < 4.78 is 2.95. The molecule has 7 nitrogen and oxygen atoms in total. The average Bonchev–Trinajstić information content (AvgIpc) is 2.98. The molecule has 0 unspecified atom stereocenters. The van der Waals surface area contributed by atoms with E-state index >= 15 is 0 Å². The van der Waals surface area contributed by atoms with Crippen LogP contribution >= 0.6 is 0 Å². The molecule has 0 aliphatic carbocycles. The number of fused-ring (bicyclic) bond motifs is 1. The van der Waals surface area contributed by atoms with Crippen LogP contribution in [-0.2, 0) is 6.54 Å². The molecule has 136 valence electrons. The Morgan fingerprint density at radius 2 is 1.74 bits per heavy atom. The second kappa shape index (κ2) is 6.35. The molecule has 0 fully saturated rings. The summed E-state index contributed by atoms with van der Waals surface area (Å²) in [5.41, 5.74) is 11.8. The molecule has 0 aliphatic heterocycles. The molecule has 4 aromatic rings. The Kier molecular flexibility index (Phi) is 3.99. The molecule has 1 aromatic carbocycles. The molecular weight excluding hydrogens is 340 g/mol. The van der Waals surface area contributed by atoms with Crippen LogP contribution in [0.1, 0.15) is 18.3 Å². The van der Waals surface area contributed by atoms with Crippen molar-refractivity contribution >= 4 is 11.6 Å². The standard InChI is InChI=1S/C20H20N6O/c1-4-25-20(27)26-18(24-25)16(15-10-12(2)22-13(3)11-15)17(23-19(26)21)14-8-6-5-7-9-14/h5-11H,4H2,1-3H3,(H2,21,22,23,24)/p+1. The molecule has 27 heavy (non-hydrogen) atoms. The molecule has 4 rings (SSSR count). The third-order valence-corrected chi connectivity index (χ3v) is 4.55. The van der Waals surface area contributed by atoms with Crippen LogP contribution in [-0.4, -0.2) is 19.7 Å². The van der Waals surface area contributed by atoms with E-state index in [9.17, 15) is 4.79 Å². The van der Waals surface area contributed by atoms with Gasteiger partial charge >= 0.3 is 11.6 Å². The molecule has 0 amide bonds. The van der Waals surface area contributed by atoms with Crippen LogP contribution in [0.5, 0.6) is 0 Å². The Hall–Kier alpha value is -3.48. The van der Waals surface area contributed by atoms with Crippen molar-refractivity contribution in [1.29, 1.82) is 0 Å². The summed E-state index contributed by atoms with van der Waals surface area (Å²) in [4.78, 5) is 21.8. The number of H-pyrrole nitrogens is 1. The van der Waals surface area contributed by atoms with Gasteiger partial charge in [0.1, 0.15) is 5.69 Å². The Labute approximate surface area is 156 Å². The van der Waals surface area contributed by atoms with Crippen molar-refractivity contribution in [2.24, 2.45) is 0 Å². The largest absolute Gasteiger partial charge is 0.428 e. The normalized spacial score (nSPS) is 11.2. The van der Waals surface area contributed by atoms with Crippen LogP contribution < -0.4 is 15.8 Å². The topological polar surface area (TPSA) is 93.7 Å². The van der Waals surface area contributed by atoms with Gasteiger partial charge in [0, 0.05) is 17.0 Å². The van der Waals surface area contributed by atoms with E-state index in [0.717, 1.165) is 33.8 Å². The summed E-state index contributed by atoms with van der Waals surface area (Å²) in [6.45, 7) is 6.31. The number of aromatic nitrogens is 5. The molecule has 0 radical (unpaired) electrons. The highest BCUT2D eigenvalue weighted by Crippen LogP contribution is 2.33. The molecule has 3 heterocycles. The zero-order valence-corrected chi connectivity index (χ0v) is 15.5. The minimum absolute atomic E-state index is 0.156. The molecule has 3 N–H and O–H groups in total. The summed E-state index contributed by atoms with van der Waals surface area (Å²) in [7, 11) is 0. The Bertz CT molecular complexity index is 1190. The molecule has 0 aliphatic rings. The number of rotatable bonds is 3. The summed E-state index contributed by atoms with van der Waals surface area (Å²) in [5.74, 6) is 0.156. The number of aryl methyl sites for hydroxylation is 3. The van der Waals surface area contributed by atoms with Crippen LogP contribution in [0, 0.1) is 13.8 Å². The van der Waals surface area contributed by atoms with Crippen molar-refractivity contribution < 1.29 is 4.40 Å². The van der Waals surface area contributed by atoms with E-state index in [1.165, 1.54) is 9.08 Å². The fourth-order valence-electron chi connectivity index (χ4n) is 3.43. The van der Waals surface area contributed by atoms with E-state index in [4.69, 9.17) is 5.73 Å². The van der Waals surface area contributed by atoms with Gasteiger partial charge in [-0.3, -0.25) is 4.98 Å². The van der Waals surface area contributed by atoms with E-state index in [0.29, 0.717) is 12.2 Å². The molecule has 0 spiro atoms. The summed E-state index contributed by atoms with van der Waals surface area (Å²) in [6, 6.07) is 13.8. The van der Waals surface area contributed by atoms with Gasteiger partial charge in [0.25, 0.3) is 0 Å². The third kappa shape index (κ3) is 2.77. The van der Waals surface area contributed by atoms with Crippen LogP contribution in [0.2, 0.25) is 0 Å². The average molecular weight is 361 g/mol. The lowest BCUT2D eigenvalue weighted by molar-refractivity contribution is -0.516. The second-order valence-corrected chi connectivity index (χ2v) is 6.52. The molecule has 7 heteroatoms. The second-order valence-electron chi connectivity index (χ2n) is 6.52. The van der Waals surface area contributed by atoms with Gasteiger partial charge in [0.05, 0.1) is 12.1 Å². The fraction of sp³-hybridized carbons (Fsp3) is 0.200. The van der Waals surface area contributed by atoms with E-state index in [2.05, 4.69) is 15.1 Å². The molecule has 0 atom stereocenters. The van der Waals surface area contributed by atoms with Crippen molar-refractivity contribution in [1.82, 2.24) is 19.7 Å². The third-order valence-electron chi connectivity index (χ3n) is 4.55. The van der Waals surface area contributed by atoms with E-state index < -0.39 is 0 Å². The van der Waals surface area contributed by atoms with Crippen molar-refractivity contribution in [2.75, 3.05) is 5.73 Å². The van der Waals surface area contributed by atoms with Crippen LogP contribution in [0.3, 0.4) is 0 Å². The Morgan fingerprint density at radius 1 is 1.07 bits per heavy atom. The number of nitrogens with one attached hydrogen (secondary N) is 1. The molecular formula is C20H21N6O+. The van der Waals surface area contributed by atoms with Gasteiger partial charge in [0.15, 0.2) is 0 Å². The van der Waals surface area contributed by atoms with Gasteiger partial charge in [-0.1, -0.05) is 30.3 Å². The first-order valence-corrected chi connectivity index (χ1v) is 8.84. The van der Waals surface area contributed by atoms with E-state index in [1.807, 2.05) is 63.2 Å². The highest BCUT2D eigenvalue weighted by atomic mass is 16.2. The lowest BCUT2D eigenvalue weighted by atomic mass is 9.99. The van der Waals surface area contributed by atoms with Crippen molar-refractivity contribution in [3.8, 4) is 22.4 Å². The first-order chi connectivity index (χ1) is 13.0. The number of hydrogen-bond donors (Lipinski definition) is 2. The van der Waals surface area contributed by atoms with Gasteiger partial charge in [-0.05, 0) is 38.5 Å². The maximum atomic E-state index is 12.7. The zero-order chi connectivity index (χ0) is 19.1. The van der Waals surface area contributed by atoms with Crippen LogP contribution in [0.4, 0.5) is 5.95 Å². The first kappa shape index (κ1) is 17.0. The first-order valence-electron chi connectivity index (χ1n) is 8.84. The smallest absolute Gasteiger partial charge is 0.319 e. The predicted molar refractivity (Wildman–Crippen MR) is 104 cm³/mol. The van der Waals surface area contributed by atoms with Gasteiger partial charge in [-0.15, -0.1) is 9.38 Å². The van der Waals surface area contributed by atoms with Crippen molar-refractivity contribution in [3.63, 3.8) is 0 Å². The molecule has 3 aromatic heterocycles. The van der Waals surface area contributed by atoms with Crippen molar-refractivity contribution in [3.05, 3.63) is 64.3 Å². The lowest BCUT2D eigenvalue weighted by Gasteiger charge is -2.10. The van der Waals surface area contributed by atoms with Crippen molar-refractivity contribution in [2.45, 2.75) is 27.3 Å². The highest BCUT2D eigenvalue weighted by molar-refractivity contribution is 5.88. The van der Waals surface area contributed by atoms with E-state index in [-0.39, 0.29) is 11.6 Å². The highest BCUT2D eigenvalue weighted by Gasteiger charge is 2.25. The number of nitrogens with two attached hydrogens (primary N) is 1. The number of benzene rings is 1. The number of pyridine rings is 1. The van der Waals surface area contributed by atoms with Crippen LogP contribution in [0.15, 0.2) is 47.3 Å². The molecule has 0 saturated heterocycles. The monoisotopic (exact) mass is 361 g/mol. The summed E-state index contributed by atoms with van der Waals surface area (Å²) in [5, 5.41) is 3.20. The molecule has 0 bridgehead atoms. The van der Waals surface area contributed by atoms with E-state index in [1.54, 1.807) is 0 Å². The number of nitrogen functional groups attached to an aromatic ring is 1. The van der Waals surface area contributed by atoms with Crippen LogP contribution in [0.25, 0.3) is 28.0 Å². The SMILES string of the molecule is CCn1[nH]c2c(-c3cc(C)nc(C)c3)c(-c3ccccc3)nc(N)[n+]2c1=O. The maximum Gasteiger partial charge on any atom is 0.428 e. The number of nitrogens with zero attached hydrogens (tertiary/aromatic N) is 4. The summed E-state index contributed by atoms with van der Waals surface area (Å²) >= 11 is 0. The summed E-state index contributed by atoms with van der Waals surface area (Å²) in [6.07, 6.45) is 0. The predicted octanol–water partition coefficient (Wildman–Crippen LogP) is 2.26. The van der Waals surface area contributed by atoms with Gasteiger partial charge < -0.3 is 5.73 Å². The molecule has 0 saturated carbocycles. The quantitative estimate of drug-likeness (QED) is 0.547. The maximum absolute atomic E-state index is 12.7.